The molecule has 3 heteroatoms. The van der Waals surface area contributed by atoms with Crippen LogP contribution in [0.1, 0.15) is 33.3 Å². The Morgan fingerprint density at radius 3 is 2.37 bits per heavy atom. The van der Waals surface area contributed by atoms with Crippen LogP contribution in [-0.4, -0.2) is 22.7 Å². The molecule has 2 aromatic rings. The zero-order valence-corrected chi connectivity index (χ0v) is 16.5. The topological polar surface area (TPSA) is 23.3 Å². The molecule has 1 aliphatic heterocycles. The van der Waals surface area contributed by atoms with Gasteiger partial charge in [-0.2, -0.15) is 4.58 Å². The molecule has 1 aliphatic rings. The van der Waals surface area contributed by atoms with E-state index >= 15 is 0 Å². The minimum Gasteiger partial charge on any atom is -0.288 e. The van der Waals surface area contributed by atoms with Crippen molar-refractivity contribution in [2.75, 3.05) is 11.4 Å². The number of amides is 1. The van der Waals surface area contributed by atoms with Crippen LogP contribution in [-0.2, 0) is 10.2 Å². The molecule has 27 heavy (non-hydrogen) atoms. The maximum absolute atomic E-state index is 12.0. The Labute approximate surface area is 162 Å². The number of para-hydroxylation sites is 2. The van der Waals surface area contributed by atoms with Crippen molar-refractivity contribution in [1.82, 2.24) is 0 Å². The van der Waals surface area contributed by atoms with Gasteiger partial charge in [-0.3, -0.25) is 9.69 Å². The van der Waals surface area contributed by atoms with Crippen LogP contribution in [0.2, 0.25) is 0 Å². The zero-order valence-electron chi connectivity index (χ0n) is 16.5. The molecule has 0 aliphatic carbocycles. The fourth-order valence-corrected chi connectivity index (χ4v) is 3.73. The molecule has 0 unspecified atom stereocenters. The van der Waals surface area contributed by atoms with E-state index in [0.29, 0.717) is 0 Å². The number of hydrogen-bond donors (Lipinski definition) is 0. The summed E-state index contributed by atoms with van der Waals surface area (Å²) < 4.78 is 2.36. The number of anilines is 1. The fraction of sp³-hybridized carbons (Fsp3) is 0.250. The molecule has 138 valence electrons. The van der Waals surface area contributed by atoms with Gasteiger partial charge in [0, 0.05) is 36.5 Å². The number of fused-ring (bicyclic) bond motifs is 1. The van der Waals surface area contributed by atoms with Crippen LogP contribution >= 0.6 is 0 Å². The van der Waals surface area contributed by atoms with Crippen LogP contribution in [0.15, 0.2) is 79.0 Å². The second-order valence-corrected chi connectivity index (χ2v) is 7.20. The normalized spacial score (nSPS) is 15.6. The molecular weight excluding hydrogens is 332 g/mol. The van der Waals surface area contributed by atoms with Crippen LogP contribution in [0.3, 0.4) is 0 Å². The second-order valence-electron chi connectivity index (χ2n) is 7.20. The molecule has 0 fully saturated rings. The summed E-state index contributed by atoms with van der Waals surface area (Å²) >= 11 is 0. The fourth-order valence-electron chi connectivity index (χ4n) is 3.73. The summed E-state index contributed by atoms with van der Waals surface area (Å²) in [6.45, 7) is 9.20. The number of benzene rings is 2. The maximum atomic E-state index is 12.0. The van der Waals surface area contributed by atoms with Crippen LogP contribution in [0, 0.1) is 0 Å². The largest absolute Gasteiger partial charge is 0.288 e. The number of hydrogen-bond acceptors (Lipinski definition) is 1. The average molecular weight is 359 g/mol. The zero-order chi connectivity index (χ0) is 19.4. The Morgan fingerprint density at radius 2 is 1.70 bits per heavy atom. The van der Waals surface area contributed by atoms with Crippen LogP contribution < -0.4 is 4.90 Å². The second kappa shape index (κ2) is 7.75. The summed E-state index contributed by atoms with van der Waals surface area (Å²) in [5.41, 5.74) is 4.72. The quantitative estimate of drug-likeness (QED) is 0.531. The van der Waals surface area contributed by atoms with Gasteiger partial charge in [0.2, 0.25) is 11.6 Å². The number of allylic oxidation sites excluding steroid dienone is 3. The maximum Gasteiger partial charge on any atom is 0.227 e. The summed E-state index contributed by atoms with van der Waals surface area (Å²) in [6.07, 6.45) is 7.92. The molecule has 0 saturated heterocycles. The SMILES string of the molecule is CC[N+]1=C(/C=C/C=C/N(C(C)=O)c2ccccc2)C(C)(C)c2ccccc21. The standard InChI is InChI=1S/C24H27N2O/c1-5-25-22-16-10-9-15-21(22)24(3,4)23(25)17-11-12-18-26(19(2)27)20-13-7-6-8-14-20/h6-18H,5H2,1-4H3/q+1. The Kier molecular flexibility index (Phi) is 5.41. The van der Waals surface area contributed by atoms with Gasteiger partial charge in [-0.25, -0.2) is 0 Å². The van der Waals surface area contributed by atoms with E-state index in [-0.39, 0.29) is 11.3 Å². The van der Waals surface area contributed by atoms with Gasteiger partial charge in [-0.05, 0) is 39.0 Å². The highest BCUT2D eigenvalue weighted by molar-refractivity contribution is 6.03. The number of nitrogens with zero attached hydrogens (tertiary/aromatic N) is 2. The Balaban J connectivity index is 1.87. The van der Waals surface area contributed by atoms with E-state index in [4.69, 9.17) is 0 Å². The molecule has 1 heterocycles. The van der Waals surface area contributed by atoms with E-state index in [9.17, 15) is 4.79 Å². The van der Waals surface area contributed by atoms with Gasteiger partial charge in [0.1, 0.15) is 6.54 Å². The molecule has 3 rings (SSSR count). The molecule has 2 aromatic carbocycles. The molecule has 0 aromatic heterocycles. The van der Waals surface area contributed by atoms with Crippen LogP contribution in [0.25, 0.3) is 0 Å². The lowest BCUT2D eigenvalue weighted by Gasteiger charge is -2.16. The molecular formula is C24H27N2O+. The first-order valence-electron chi connectivity index (χ1n) is 9.41. The molecule has 0 radical (unpaired) electrons. The first-order chi connectivity index (χ1) is 13.0. The summed E-state index contributed by atoms with van der Waals surface area (Å²) in [7, 11) is 0. The third-order valence-electron chi connectivity index (χ3n) is 5.09. The highest BCUT2D eigenvalue weighted by Crippen LogP contribution is 2.39. The van der Waals surface area contributed by atoms with Crippen molar-refractivity contribution < 1.29 is 9.37 Å². The van der Waals surface area contributed by atoms with Gasteiger partial charge >= 0.3 is 0 Å². The number of rotatable bonds is 5. The first kappa shape index (κ1) is 18.8. The first-order valence-corrected chi connectivity index (χ1v) is 9.41. The van der Waals surface area contributed by atoms with E-state index in [0.717, 1.165) is 12.2 Å². The number of carbonyl (C=O) groups excluding carboxylic acids is 1. The predicted molar refractivity (Wildman–Crippen MR) is 113 cm³/mol. The Morgan fingerprint density at radius 1 is 1.04 bits per heavy atom. The highest BCUT2D eigenvalue weighted by atomic mass is 16.2. The van der Waals surface area contributed by atoms with Crippen molar-refractivity contribution in [1.29, 1.82) is 0 Å². The molecule has 0 saturated carbocycles. The van der Waals surface area contributed by atoms with Gasteiger partial charge in [0.25, 0.3) is 0 Å². The predicted octanol–water partition coefficient (Wildman–Crippen LogP) is 5.21. The monoisotopic (exact) mass is 359 g/mol. The van der Waals surface area contributed by atoms with Crippen molar-refractivity contribution in [2.45, 2.75) is 33.1 Å². The highest BCUT2D eigenvalue weighted by Gasteiger charge is 2.43. The smallest absolute Gasteiger partial charge is 0.227 e. The van der Waals surface area contributed by atoms with Gasteiger partial charge < -0.3 is 0 Å². The molecule has 1 amide bonds. The van der Waals surface area contributed by atoms with E-state index in [2.05, 4.69) is 55.7 Å². The van der Waals surface area contributed by atoms with E-state index in [1.54, 1.807) is 11.8 Å². The lowest BCUT2D eigenvalue weighted by molar-refractivity contribution is -0.433. The van der Waals surface area contributed by atoms with Gasteiger partial charge in [-0.1, -0.05) is 42.5 Å². The van der Waals surface area contributed by atoms with Crippen molar-refractivity contribution in [3.63, 3.8) is 0 Å². The van der Waals surface area contributed by atoms with Gasteiger partial charge in [0.05, 0.1) is 5.41 Å². The van der Waals surface area contributed by atoms with Crippen molar-refractivity contribution >= 4 is 23.0 Å². The van der Waals surface area contributed by atoms with Crippen molar-refractivity contribution in [2.24, 2.45) is 0 Å². The summed E-state index contributed by atoms with van der Waals surface area (Å²) in [4.78, 5) is 13.6. The Hall–Kier alpha value is -2.94. The summed E-state index contributed by atoms with van der Waals surface area (Å²) in [6, 6.07) is 18.3. The Bertz CT molecular complexity index is 920. The third-order valence-corrected chi connectivity index (χ3v) is 5.09. The van der Waals surface area contributed by atoms with Crippen LogP contribution in [0.4, 0.5) is 11.4 Å². The molecule has 0 N–H and O–H groups in total. The van der Waals surface area contributed by atoms with E-state index in [1.807, 2.05) is 48.7 Å². The molecule has 0 spiro atoms. The minimum absolute atomic E-state index is 0.0118. The van der Waals surface area contributed by atoms with Crippen molar-refractivity contribution in [3.8, 4) is 0 Å². The van der Waals surface area contributed by atoms with Gasteiger partial charge in [-0.15, -0.1) is 0 Å². The molecule has 0 atom stereocenters. The van der Waals surface area contributed by atoms with Crippen LogP contribution in [0.5, 0.6) is 0 Å². The molecule has 3 nitrogen and oxygen atoms in total. The van der Waals surface area contributed by atoms with Crippen molar-refractivity contribution in [3.05, 3.63) is 84.6 Å². The average Bonchev–Trinajstić information content (AvgIpc) is 2.89. The minimum atomic E-state index is -0.0450. The number of carbonyl (C=O) groups is 1. The third kappa shape index (κ3) is 3.63. The molecule has 0 bridgehead atoms. The van der Waals surface area contributed by atoms with E-state index < -0.39 is 0 Å². The van der Waals surface area contributed by atoms with E-state index in [1.165, 1.54) is 17.0 Å². The lowest BCUT2D eigenvalue weighted by Crippen LogP contribution is -2.27. The van der Waals surface area contributed by atoms with Gasteiger partial charge in [0.15, 0.2) is 5.71 Å². The summed E-state index contributed by atoms with van der Waals surface area (Å²) in [5.74, 6) is -0.0118. The lowest BCUT2D eigenvalue weighted by atomic mass is 9.81. The summed E-state index contributed by atoms with van der Waals surface area (Å²) in [5, 5.41) is 0.